The van der Waals surface area contributed by atoms with Gasteiger partial charge in [0.2, 0.25) is 0 Å². The van der Waals surface area contributed by atoms with Crippen LogP contribution in [0.4, 0.5) is 35.1 Å². The summed E-state index contributed by atoms with van der Waals surface area (Å²) in [5.41, 5.74) is 0. The molecular weight excluding hydrogens is 578 g/mol. The van der Waals surface area contributed by atoms with Crippen LogP contribution in [0, 0.1) is 22.7 Å². The van der Waals surface area contributed by atoms with Crippen molar-refractivity contribution in [3.8, 4) is 12.1 Å². The summed E-state index contributed by atoms with van der Waals surface area (Å²) in [6.45, 7) is 0. The number of hydrogen-bond donors (Lipinski definition) is 0. The Balaban J connectivity index is 0. The van der Waals surface area contributed by atoms with Gasteiger partial charge in [0.05, 0.1) is 12.1 Å². The minimum absolute atomic E-state index is 0.315. The molecule has 0 aliphatic heterocycles. The smallest absolute Gasteiger partial charge is 0.198 e. The van der Waals surface area contributed by atoms with Crippen molar-refractivity contribution in [1.82, 2.24) is 0 Å². The van der Waals surface area contributed by atoms with E-state index >= 15 is 0 Å². The number of alkyl halides is 10. The molecule has 0 N–H and O–H groups in total. The van der Waals surface area contributed by atoms with E-state index in [2.05, 4.69) is 12.1 Å². The monoisotopic (exact) mass is 590 g/mol. The Morgan fingerprint density at radius 2 is 0.833 bits per heavy atom. The van der Waals surface area contributed by atoms with Crippen molar-refractivity contribution >= 4 is 45.2 Å². The van der Waals surface area contributed by atoms with E-state index in [1.54, 1.807) is 0 Å². The first kappa shape index (κ1) is 26.1. The van der Waals surface area contributed by atoms with E-state index in [1.165, 1.54) is 0 Å². The van der Waals surface area contributed by atoms with Crippen LogP contribution in [-0.4, -0.2) is 19.7 Å². The van der Waals surface area contributed by atoms with Crippen molar-refractivity contribution in [1.29, 1.82) is 10.5 Å². The highest BCUT2D eigenvalue weighted by atomic mass is 127. The lowest BCUT2D eigenvalue weighted by Crippen LogP contribution is -2.58. The van der Waals surface area contributed by atoms with Gasteiger partial charge in [-0.1, -0.05) is 12.8 Å². The summed E-state index contributed by atoms with van der Waals surface area (Å²) in [5.74, 6) is -12.2. The molecule has 0 aliphatic carbocycles. The van der Waals surface area contributed by atoms with Crippen LogP contribution in [0.25, 0.3) is 0 Å². The second-order valence-corrected chi connectivity index (χ2v) is 7.08. The summed E-state index contributed by atoms with van der Waals surface area (Å²) >= 11 is -0.631. The molecule has 140 valence electrons. The van der Waals surface area contributed by atoms with Crippen LogP contribution in [0.1, 0.15) is 38.5 Å². The minimum Gasteiger partial charge on any atom is -0.198 e. The average Bonchev–Trinajstić information content (AvgIpc) is 2.41. The van der Waals surface area contributed by atoms with Crippen LogP contribution >= 0.6 is 45.2 Å². The quantitative estimate of drug-likeness (QED) is 0.137. The average molecular weight is 590 g/mol. The minimum atomic E-state index is -6.12. The van der Waals surface area contributed by atoms with Gasteiger partial charge in [-0.15, -0.1) is 0 Å². The molecule has 0 aromatic carbocycles. The van der Waals surface area contributed by atoms with Gasteiger partial charge in [-0.3, -0.25) is 0 Å². The maximum Gasteiger partial charge on any atom is 0.388 e. The second kappa shape index (κ2) is 10.8. The van der Waals surface area contributed by atoms with E-state index in [0.717, 1.165) is 25.7 Å². The highest BCUT2D eigenvalue weighted by Gasteiger charge is 2.79. The van der Waals surface area contributed by atoms with Gasteiger partial charge in [-0.05, 0) is 12.8 Å². The Morgan fingerprint density at radius 1 is 0.583 bits per heavy atom. The molecule has 0 unspecified atom stereocenters. The molecule has 0 saturated carbocycles. The van der Waals surface area contributed by atoms with Gasteiger partial charge in [0, 0.05) is 58.0 Å². The van der Waals surface area contributed by atoms with Crippen molar-refractivity contribution in [2.45, 2.75) is 58.2 Å². The van der Waals surface area contributed by atoms with E-state index < -0.39 is 19.7 Å². The molecule has 0 aromatic heterocycles. The third kappa shape index (κ3) is 8.31. The summed E-state index contributed by atoms with van der Waals surface area (Å²) in [7, 11) is 0. The number of unbranched alkanes of at least 4 members (excludes halogenated alkanes) is 5. The molecule has 0 aliphatic rings. The third-order valence-electron chi connectivity index (χ3n) is 2.43. The van der Waals surface area contributed by atoms with Crippen molar-refractivity contribution in [3.05, 3.63) is 0 Å². The molecule has 0 rings (SSSR count). The van der Waals surface area contributed by atoms with Gasteiger partial charge in [0.1, 0.15) is 0 Å². The molecule has 0 saturated heterocycles. The number of nitriles is 2. The molecule has 0 radical (unpaired) electrons. The number of halogens is 10. The Hall–Kier alpha value is -0.120. The van der Waals surface area contributed by atoms with Gasteiger partial charge >= 0.3 is 19.7 Å². The fourth-order valence-electron chi connectivity index (χ4n) is 1.12. The standard InChI is InChI=1S/C8H12N2.C4F8I2/c9-7-5-3-1-2-4-6-8-10;5-1(6,3(9,10)13)2(7,8)4(11,12)14/h1-6H2;. The molecular formula is C12H12F8I2N2. The molecule has 12 heteroatoms. The predicted molar refractivity (Wildman–Crippen MR) is 86.8 cm³/mol. The molecule has 2 nitrogen and oxygen atoms in total. The third-order valence-corrected chi connectivity index (χ3v) is 3.79. The van der Waals surface area contributed by atoms with E-state index in [4.69, 9.17) is 10.5 Å². The topological polar surface area (TPSA) is 47.6 Å². The summed E-state index contributed by atoms with van der Waals surface area (Å²) < 4.78 is 86.1. The second-order valence-electron chi connectivity index (χ2n) is 4.37. The first-order valence-electron chi connectivity index (χ1n) is 6.29. The fraction of sp³-hybridized carbons (Fsp3) is 0.833. The van der Waals surface area contributed by atoms with Gasteiger partial charge in [0.15, 0.2) is 0 Å². The van der Waals surface area contributed by atoms with Gasteiger partial charge in [0.25, 0.3) is 0 Å². The predicted octanol–water partition coefficient (Wildman–Crippen LogP) is 6.69. The summed E-state index contributed by atoms with van der Waals surface area (Å²) in [4.78, 5) is 0. The maximum atomic E-state index is 12.2. The Kier molecular flexibility index (Phi) is 11.7. The number of hydrogen-bond acceptors (Lipinski definition) is 2. The van der Waals surface area contributed by atoms with Crippen LogP contribution in [0.5, 0.6) is 0 Å². The molecule has 0 amide bonds. The zero-order valence-electron chi connectivity index (χ0n) is 11.9. The molecule has 24 heavy (non-hydrogen) atoms. The summed E-state index contributed by atoms with van der Waals surface area (Å²) in [5, 5.41) is 16.3. The highest BCUT2D eigenvalue weighted by Crippen LogP contribution is 2.56. The van der Waals surface area contributed by atoms with Gasteiger partial charge in [-0.2, -0.15) is 45.6 Å². The fourth-order valence-corrected chi connectivity index (χ4v) is 1.80. The maximum absolute atomic E-state index is 12.2. The zero-order valence-corrected chi connectivity index (χ0v) is 16.2. The van der Waals surface area contributed by atoms with Crippen molar-refractivity contribution in [2.24, 2.45) is 0 Å². The Labute approximate surface area is 160 Å². The van der Waals surface area contributed by atoms with E-state index in [0.29, 0.717) is 12.8 Å². The van der Waals surface area contributed by atoms with Crippen LogP contribution in [0.3, 0.4) is 0 Å². The van der Waals surface area contributed by atoms with Gasteiger partial charge in [-0.25, -0.2) is 0 Å². The van der Waals surface area contributed by atoms with E-state index in [-0.39, 0.29) is 45.2 Å². The number of nitrogens with zero attached hydrogens (tertiary/aromatic N) is 2. The molecule has 0 bridgehead atoms. The van der Waals surface area contributed by atoms with E-state index in [1.807, 2.05) is 0 Å². The molecule has 0 spiro atoms. The van der Waals surface area contributed by atoms with Crippen molar-refractivity contribution in [3.63, 3.8) is 0 Å². The lowest BCUT2D eigenvalue weighted by atomic mass is 10.1. The van der Waals surface area contributed by atoms with Crippen molar-refractivity contribution < 1.29 is 35.1 Å². The molecule has 0 heterocycles. The van der Waals surface area contributed by atoms with Crippen LogP contribution in [0.2, 0.25) is 0 Å². The van der Waals surface area contributed by atoms with Crippen LogP contribution in [0.15, 0.2) is 0 Å². The molecule has 0 atom stereocenters. The van der Waals surface area contributed by atoms with E-state index in [9.17, 15) is 35.1 Å². The molecule has 0 aromatic rings. The lowest BCUT2D eigenvalue weighted by molar-refractivity contribution is -0.312. The molecule has 0 fully saturated rings. The van der Waals surface area contributed by atoms with Crippen molar-refractivity contribution in [2.75, 3.05) is 0 Å². The Morgan fingerprint density at radius 3 is 1.00 bits per heavy atom. The first-order chi connectivity index (χ1) is 10.7. The normalized spacial score (nSPS) is 12.7. The van der Waals surface area contributed by atoms with Crippen LogP contribution < -0.4 is 0 Å². The largest absolute Gasteiger partial charge is 0.388 e. The SMILES string of the molecule is FC(F)(I)C(F)(F)C(F)(F)C(F)(F)I.N#CCCCCCCC#N. The Bertz CT molecular complexity index is 404. The highest BCUT2D eigenvalue weighted by molar-refractivity contribution is 14.1. The van der Waals surface area contributed by atoms with Gasteiger partial charge < -0.3 is 0 Å². The van der Waals surface area contributed by atoms with Crippen LogP contribution in [-0.2, 0) is 0 Å². The number of rotatable bonds is 8. The summed E-state index contributed by atoms with van der Waals surface area (Å²) in [6, 6.07) is 4.19. The first-order valence-corrected chi connectivity index (χ1v) is 8.45. The summed E-state index contributed by atoms with van der Waals surface area (Å²) in [6.07, 6.45) is 5.48. The zero-order chi connectivity index (χ0) is 19.7. The lowest BCUT2D eigenvalue weighted by Gasteiger charge is -2.31.